The minimum Gasteiger partial charge on any atom is -0.496 e. The van der Waals surface area contributed by atoms with E-state index in [-0.39, 0.29) is 17.8 Å². The molecule has 0 aliphatic carbocycles. The van der Waals surface area contributed by atoms with Gasteiger partial charge in [-0.05, 0) is 36.8 Å². The molecule has 6 heteroatoms. The van der Waals surface area contributed by atoms with Crippen molar-refractivity contribution >= 4 is 5.78 Å². The quantitative estimate of drug-likeness (QED) is 0.783. The number of hydrogen-bond donors (Lipinski definition) is 0. The minimum absolute atomic E-state index is 0.0106. The van der Waals surface area contributed by atoms with Gasteiger partial charge < -0.3 is 18.9 Å². The van der Waals surface area contributed by atoms with Crippen molar-refractivity contribution in [3.63, 3.8) is 0 Å². The molecule has 0 radical (unpaired) electrons. The zero-order valence-electron chi connectivity index (χ0n) is 16.7. The third-order valence-corrected chi connectivity index (χ3v) is 6.23. The van der Waals surface area contributed by atoms with E-state index in [4.69, 9.17) is 18.9 Å². The lowest BCUT2D eigenvalue weighted by Crippen LogP contribution is -2.43. The summed E-state index contributed by atoms with van der Waals surface area (Å²) in [5.74, 6) is 2.01. The summed E-state index contributed by atoms with van der Waals surface area (Å²) >= 11 is 0. The molecule has 29 heavy (non-hydrogen) atoms. The molecular weight excluding hydrogens is 374 g/mol. The fourth-order valence-electron chi connectivity index (χ4n) is 4.53. The van der Waals surface area contributed by atoms with Crippen LogP contribution in [-0.2, 0) is 6.42 Å². The van der Waals surface area contributed by atoms with Gasteiger partial charge in [-0.1, -0.05) is 6.92 Å². The molecule has 3 heterocycles. The second-order valence-electron chi connectivity index (χ2n) is 8.08. The Kier molecular flexibility index (Phi) is 4.19. The number of carbonyl (C=O) groups is 1. The van der Waals surface area contributed by atoms with Crippen LogP contribution in [0.1, 0.15) is 39.9 Å². The highest BCUT2D eigenvalue weighted by Gasteiger charge is 2.45. The predicted molar refractivity (Wildman–Crippen MR) is 104 cm³/mol. The Balaban J connectivity index is 1.55. The molecule has 0 saturated carbocycles. The Morgan fingerprint density at radius 2 is 2.07 bits per heavy atom. The molecule has 5 rings (SSSR count). The summed E-state index contributed by atoms with van der Waals surface area (Å²) in [5.41, 5.74) is 3.15. The molecule has 0 bridgehead atoms. The van der Waals surface area contributed by atoms with Crippen LogP contribution in [0.2, 0.25) is 0 Å². The lowest BCUT2D eigenvalue weighted by Gasteiger charge is -2.37. The number of aryl methyl sites for hydroxylation is 1. The van der Waals surface area contributed by atoms with Gasteiger partial charge in [0, 0.05) is 23.5 Å². The van der Waals surface area contributed by atoms with Crippen molar-refractivity contribution in [2.24, 2.45) is 5.92 Å². The van der Waals surface area contributed by atoms with E-state index in [0.29, 0.717) is 35.8 Å². The van der Waals surface area contributed by atoms with Gasteiger partial charge in [-0.3, -0.25) is 9.18 Å². The van der Waals surface area contributed by atoms with E-state index >= 15 is 0 Å². The smallest absolute Gasteiger partial charge is 0.178 e. The van der Waals surface area contributed by atoms with Crippen molar-refractivity contribution in [3.05, 3.63) is 46.5 Å². The van der Waals surface area contributed by atoms with Gasteiger partial charge in [0.05, 0.1) is 25.3 Å². The van der Waals surface area contributed by atoms with Crippen LogP contribution in [0.5, 0.6) is 23.0 Å². The number of ether oxygens (including phenoxy) is 4. The molecule has 5 nitrogen and oxygen atoms in total. The van der Waals surface area contributed by atoms with Gasteiger partial charge >= 0.3 is 0 Å². The van der Waals surface area contributed by atoms with E-state index in [1.54, 1.807) is 19.2 Å². The molecule has 3 aliphatic heterocycles. The van der Waals surface area contributed by atoms with Crippen LogP contribution in [0.15, 0.2) is 24.3 Å². The molecule has 0 saturated heterocycles. The summed E-state index contributed by atoms with van der Waals surface area (Å²) in [6.07, 6.45) is -0.119. The number of Topliss-reactive ketones (excluding diaryl/α,β-unsaturated/α-hetero) is 1. The number of ketones is 1. The normalized spacial score (nSPS) is 24.8. The van der Waals surface area contributed by atoms with Gasteiger partial charge in [-0.15, -0.1) is 0 Å². The number of carbonyl (C=O) groups excluding carboxylic acids is 1. The van der Waals surface area contributed by atoms with Crippen molar-refractivity contribution in [3.8, 4) is 23.0 Å². The summed E-state index contributed by atoms with van der Waals surface area (Å²) < 4.78 is 36.7. The van der Waals surface area contributed by atoms with E-state index in [1.165, 1.54) is 0 Å². The first-order chi connectivity index (χ1) is 14.0. The van der Waals surface area contributed by atoms with Crippen molar-refractivity contribution < 1.29 is 28.1 Å². The van der Waals surface area contributed by atoms with E-state index in [0.717, 1.165) is 22.4 Å². The Labute approximate surface area is 168 Å². The zero-order valence-corrected chi connectivity index (χ0v) is 16.7. The first-order valence-corrected chi connectivity index (χ1v) is 9.92. The molecule has 2 aromatic carbocycles. The first kappa shape index (κ1) is 18.3. The monoisotopic (exact) mass is 397 g/mol. The van der Waals surface area contributed by atoms with Gasteiger partial charge in [0.15, 0.2) is 5.78 Å². The molecule has 2 aromatic rings. The summed E-state index contributed by atoms with van der Waals surface area (Å²) in [6, 6.07) is 7.35. The maximum Gasteiger partial charge on any atom is 0.178 e. The number of alkyl halides is 1. The Morgan fingerprint density at radius 3 is 2.83 bits per heavy atom. The average molecular weight is 397 g/mol. The van der Waals surface area contributed by atoms with Gasteiger partial charge in [-0.2, -0.15) is 0 Å². The Morgan fingerprint density at radius 1 is 1.24 bits per heavy atom. The third-order valence-electron chi connectivity index (χ3n) is 6.23. The molecule has 0 aromatic heterocycles. The van der Waals surface area contributed by atoms with E-state index in [2.05, 4.69) is 0 Å². The first-order valence-electron chi connectivity index (χ1n) is 9.92. The van der Waals surface area contributed by atoms with E-state index in [9.17, 15) is 9.18 Å². The second-order valence-corrected chi connectivity index (χ2v) is 8.08. The summed E-state index contributed by atoms with van der Waals surface area (Å²) in [5, 5.41) is 0. The summed E-state index contributed by atoms with van der Waals surface area (Å²) in [4.78, 5) is 13.5. The summed E-state index contributed by atoms with van der Waals surface area (Å²) in [6.45, 7) is 3.62. The lowest BCUT2D eigenvalue weighted by molar-refractivity contribution is 0.0555. The van der Waals surface area contributed by atoms with Crippen LogP contribution in [-0.4, -0.2) is 38.4 Å². The van der Waals surface area contributed by atoms with Crippen molar-refractivity contribution in [1.82, 2.24) is 0 Å². The van der Waals surface area contributed by atoms with E-state index < -0.39 is 18.7 Å². The fraction of sp³-hybridized carbons (Fsp3) is 0.435. The van der Waals surface area contributed by atoms with Crippen molar-refractivity contribution in [2.45, 2.75) is 38.4 Å². The molecule has 4 atom stereocenters. The molecule has 1 unspecified atom stereocenters. The Bertz CT molecular complexity index is 1000. The lowest BCUT2D eigenvalue weighted by atomic mass is 9.81. The minimum atomic E-state index is -0.447. The van der Waals surface area contributed by atoms with Crippen LogP contribution < -0.4 is 18.9 Å². The number of fused-ring (bicyclic) bond motifs is 6. The molecular formula is C23H23FO5. The number of methoxy groups -OCH3 is 1. The SMILES string of the molecule is COc1cc2c(cc1C)OC[C@H]1Oc3c(ccc4c3C[C@H](C(C)C[18F])O4)C(=O)[C@@H]21. The van der Waals surface area contributed by atoms with E-state index in [1.807, 2.05) is 26.0 Å². The van der Waals surface area contributed by atoms with Gasteiger partial charge in [0.2, 0.25) is 0 Å². The maximum absolute atomic E-state index is 13.5. The van der Waals surface area contributed by atoms with Gasteiger partial charge in [0.1, 0.15) is 41.8 Å². The molecule has 152 valence electrons. The highest BCUT2D eigenvalue weighted by Crippen LogP contribution is 2.49. The number of benzene rings is 2. The fourth-order valence-corrected chi connectivity index (χ4v) is 4.53. The number of hydrogen-bond acceptors (Lipinski definition) is 5. The Hall–Kier alpha value is -2.76. The van der Waals surface area contributed by atoms with Gasteiger partial charge in [0.25, 0.3) is 0 Å². The second kappa shape index (κ2) is 6.65. The molecule has 3 aliphatic rings. The highest BCUT2D eigenvalue weighted by molar-refractivity contribution is 6.05. The van der Waals surface area contributed by atoms with Crippen LogP contribution in [0.4, 0.5) is 4.39 Å². The van der Waals surface area contributed by atoms with Crippen LogP contribution in [0.3, 0.4) is 0 Å². The number of halogens is 1. The van der Waals surface area contributed by atoms with Crippen molar-refractivity contribution in [1.29, 1.82) is 0 Å². The van der Waals surface area contributed by atoms with Gasteiger partial charge in [-0.25, -0.2) is 0 Å². The maximum atomic E-state index is 13.5. The molecule has 0 spiro atoms. The van der Waals surface area contributed by atoms with Crippen LogP contribution >= 0.6 is 0 Å². The zero-order chi connectivity index (χ0) is 20.3. The molecule has 0 fully saturated rings. The third kappa shape index (κ3) is 2.69. The summed E-state index contributed by atoms with van der Waals surface area (Å²) in [7, 11) is 1.61. The topological polar surface area (TPSA) is 54.0 Å². The standard InChI is InChI=1S/C23H23FO5/c1-11-6-19-14(7-17(11)26-3)21-20(10-27-19)29-23-13(22(21)25)4-5-16-15(23)8-18(28-16)12(2)9-24/h4-7,12,18,20-21H,8-10H2,1-3H3/t12?,18-,20-,21+/m1/s1/i24-1. The predicted octanol–water partition coefficient (Wildman–Crippen LogP) is 4.03. The molecule has 0 N–H and O–H groups in total. The average Bonchev–Trinajstić information content (AvgIpc) is 3.17. The number of rotatable bonds is 3. The highest BCUT2D eigenvalue weighted by atomic mass is 18.2. The van der Waals surface area contributed by atoms with Crippen molar-refractivity contribution in [2.75, 3.05) is 20.4 Å². The van der Waals surface area contributed by atoms with Crippen LogP contribution in [0, 0.1) is 12.8 Å². The largest absolute Gasteiger partial charge is 0.496 e. The van der Waals surface area contributed by atoms with Crippen LogP contribution in [0.25, 0.3) is 0 Å². The molecule has 0 amide bonds.